The second kappa shape index (κ2) is 10.3. The second-order valence-electron chi connectivity index (χ2n) is 8.49. The largest absolute Gasteiger partial charge is 0.495 e. The number of nitrogens with zero attached hydrogens (tertiary/aromatic N) is 4. The number of rotatable bonds is 7. The lowest BCUT2D eigenvalue weighted by molar-refractivity contribution is 0.0902. The van der Waals surface area contributed by atoms with Crippen LogP contribution < -0.4 is 15.4 Å². The molecule has 0 saturated carbocycles. The van der Waals surface area contributed by atoms with E-state index in [4.69, 9.17) is 10.00 Å². The van der Waals surface area contributed by atoms with Crippen molar-refractivity contribution in [2.24, 2.45) is 0 Å². The van der Waals surface area contributed by atoms with Gasteiger partial charge in [-0.1, -0.05) is 24.8 Å². The maximum Gasteiger partial charge on any atom is 0.289 e. The lowest BCUT2D eigenvalue weighted by atomic mass is 10.0. The fraction of sp³-hybridized carbons (Fsp3) is 0.308. The molecule has 34 heavy (non-hydrogen) atoms. The van der Waals surface area contributed by atoms with Crippen molar-refractivity contribution in [3.8, 4) is 23.1 Å². The van der Waals surface area contributed by atoms with Gasteiger partial charge in [0.05, 0.1) is 24.6 Å². The van der Waals surface area contributed by atoms with Crippen molar-refractivity contribution in [2.45, 2.75) is 18.9 Å². The number of nitriles is 1. The molecule has 1 unspecified atom stereocenters. The number of ether oxygens (including phenoxy) is 1. The van der Waals surface area contributed by atoms with Gasteiger partial charge in [-0.3, -0.25) is 4.79 Å². The first-order valence-electron chi connectivity index (χ1n) is 11.2. The molecule has 2 aromatic carbocycles. The number of aromatic nitrogens is 2. The fourth-order valence-electron chi connectivity index (χ4n) is 4.21. The number of anilines is 1. The molecule has 0 aliphatic carbocycles. The lowest BCUT2D eigenvalue weighted by Crippen LogP contribution is -2.46. The van der Waals surface area contributed by atoms with Gasteiger partial charge in [0.15, 0.2) is 0 Å². The highest BCUT2D eigenvalue weighted by molar-refractivity contribution is 5.99. The summed E-state index contributed by atoms with van der Waals surface area (Å²) >= 11 is 0. The molecule has 1 saturated heterocycles. The first-order chi connectivity index (χ1) is 16.5. The van der Waals surface area contributed by atoms with E-state index in [-0.39, 0.29) is 17.8 Å². The van der Waals surface area contributed by atoms with Crippen molar-refractivity contribution in [3.63, 3.8) is 0 Å². The highest BCUT2D eigenvalue weighted by atomic mass is 16.5. The zero-order valence-corrected chi connectivity index (χ0v) is 19.5. The topological polar surface area (TPSA) is 103 Å². The number of hydrogen-bond acceptors (Lipinski definition) is 7. The molecule has 2 heterocycles. The highest BCUT2D eigenvalue weighted by Gasteiger charge is 2.21. The quantitative estimate of drug-likeness (QED) is 0.524. The standard InChI is InChI=1S/C26H28N6O2/c1-17(14-27)15-29-24-21-13-19(7-6-18(21)8-9-23(24)34-3)22-10-11-28-25(31-22)26(33)30-20-5-4-12-32(2)16-20/h6-11,13,20,29H,1,4-5,12,15-16H2,2-3H3,(H,30,33). The highest BCUT2D eigenvalue weighted by Crippen LogP contribution is 2.35. The maximum atomic E-state index is 12.8. The van der Waals surface area contributed by atoms with Crippen molar-refractivity contribution in [2.75, 3.05) is 39.1 Å². The molecule has 1 aliphatic heterocycles. The molecule has 4 rings (SSSR count). The molecular formula is C26H28N6O2. The minimum absolute atomic E-state index is 0.100. The molecule has 0 radical (unpaired) electrons. The zero-order valence-electron chi connectivity index (χ0n) is 19.5. The summed E-state index contributed by atoms with van der Waals surface area (Å²) in [6.07, 6.45) is 3.62. The van der Waals surface area contributed by atoms with Crippen LogP contribution in [0.25, 0.3) is 22.0 Å². The number of nitrogens with one attached hydrogen (secondary N) is 2. The third-order valence-corrected chi connectivity index (χ3v) is 5.95. The summed E-state index contributed by atoms with van der Waals surface area (Å²) in [5, 5.41) is 17.3. The van der Waals surface area contributed by atoms with Crippen LogP contribution in [-0.2, 0) is 0 Å². The summed E-state index contributed by atoms with van der Waals surface area (Å²) in [6, 6.07) is 13.8. The molecule has 1 aliphatic rings. The predicted octanol–water partition coefficient (Wildman–Crippen LogP) is 3.62. The average Bonchev–Trinajstić information content (AvgIpc) is 2.86. The Kier molecular flexibility index (Phi) is 7.04. The number of fused-ring (bicyclic) bond motifs is 1. The van der Waals surface area contributed by atoms with Crippen molar-refractivity contribution in [1.29, 1.82) is 5.26 Å². The van der Waals surface area contributed by atoms with Crippen LogP contribution in [0.5, 0.6) is 5.75 Å². The van der Waals surface area contributed by atoms with Crippen molar-refractivity contribution < 1.29 is 9.53 Å². The van der Waals surface area contributed by atoms with E-state index >= 15 is 0 Å². The van der Waals surface area contributed by atoms with E-state index in [1.165, 1.54) is 0 Å². The summed E-state index contributed by atoms with van der Waals surface area (Å²) in [7, 11) is 3.66. The first kappa shape index (κ1) is 23.2. The Morgan fingerprint density at radius 2 is 2.15 bits per heavy atom. The summed E-state index contributed by atoms with van der Waals surface area (Å²) in [4.78, 5) is 23.8. The van der Waals surface area contributed by atoms with Gasteiger partial charge in [0.25, 0.3) is 5.91 Å². The van der Waals surface area contributed by atoms with Gasteiger partial charge in [-0.05, 0) is 50.0 Å². The monoisotopic (exact) mass is 456 g/mol. The first-order valence-corrected chi connectivity index (χ1v) is 11.2. The van der Waals surface area contributed by atoms with Crippen molar-refractivity contribution in [3.05, 3.63) is 60.6 Å². The third kappa shape index (κ3) is 5.16. The SMILES string of the molecule is C=C(C#N)CNc1c(OC)ccc2ccc(-c3ccnc(C(=O)NC4CCCN(C)C4)n3)cc12. The van der Waals surface area contributed by atoms with E-state index < -0.39 is 0 Å². The number of hydrogen-bond donors (Lipinski definition) is 2. The Labute approximate surface area is 199 Å². The molecule has 1 fully saturated rings. The maximum absolute atomic E-state index is 12.8. The van der Waals surface area contributed by atoms with Crippen LogP contribution in [0.3, 0.4) is 0 Å². The number of benzene rings is 2. The average molecular weight is 457 g/mol. The molecular weight excluding hydrogens is 428 g/mol. The number of likely N-dealkylation sites (tertiary alicyclic amines) is 1. The second-order valence-corrected chi connectivity index (χ2v) is 8.49. The third-order valence-electron chi connectivity index (χ3n) is 5.95. The van der Waals surface area contributed by atoms with Gasteiger partial charge >= 0.3 is 0 Å². The van der Waals surface area contributed by atoms with E-state index in [0.717, 1.165) is 48.0 Å². The van der Waals surface area contributed by atoms with Crippen LogP contribution in [-0.4, -0.2) is 60.6 Å². The summed E-state index contributed by atoms with van der Waals surface area (Å²) in [5.74, 6) is 0.553. The fourth-order valence-corrected chi connectivity index (χ4v) is 4.21. The van der Waals surface area contributed by atoms with E-state index in [0.29, 0.717) is 23.6 Å². The number of carbonyl (C=O) groups is 1. The Morgan fingerprint density at radius 1 is 1.32 bits per heavy atom. The van der Waals surface area contributed by atoms with E-state index in [9.17, 15) is 4.79 Å². The molecule has 8 nitrogen and oxygen atoms in total. The van der Waals surface area contributed by atoms with Crippen LogP contribution in [0.1, 0.15) is 23.5 Å². The van der Waals surface area contributed by atoms with Gasteiger partial charge in [-0.2, -0.15) is 5.26 Å². The van der Waals surface area contributed by atoms with Crippen LogP contribution in [0.15, 0.2) is 54.7 Å². The molecule has 1 atom stereocenters. The Hall–Kier alpha value is -3.96. The van der Waals surface area contributed by atoms with Crippen LogP contribution in [0, 0.1) is 11.3 Å². The summed E-state index contributed by atoms with van der Waals surface area (Å²) < 4.78 is 5.54. The molecule has 3 aromatic rings. The Morgan fingerprint density at radius 3 is 2.91 bits per heavy atom. The van der Waals surface area contributed by atoms with E-state index in [1.54, 1.807) is 19.4 Å². The van der Waals surface area contributed by atoms with E-state index in [1.807, 2.05) is 30.3 Å². The van der Waals surface area contributed by atoms with Gasteiger partial charge in [-0.25, -0.2) is 9.97 Å². The predicted molar refractivity (Wildman–Crippen MR) is 133 cm³/mol. The Bertz CT molecular complexity index is 1270. The van der Waals surface area contributed by atoms with Crippen molar-refractivity contribution in [1.82, 2.24) is 20.2 Å². The molecule has 1 aromatic heterocycles. The minimum atomic E-state index is -0.262. The van der Waals surface area contributed by atoms with Gasteiger partial charge in [0.1, 0.15) is 5.75 Å². The van der Waals surface area contributed by atoms with Gasteiger partial charge in [0.2, 0.25) is 5.82 Å². The van der Waals surface area contributed by atoms with Gasteiger partial charge in [-0.15, -0.1) is 0 Å². The Balaban J connectivity index is 1.64. The number of methoxy groups -OCH3 is 1. The molecule has 0 bridgehead atoms. The van der Waals surface area contributed by atoms with Crippen LogP contribution in [0.4, 0.5) is 5.69 Å². The van der Waals surface area contributed by atoms with Gasteiger partial charge in [0, 0.05) is 41.9 Å². The number of amides is 1. The molecule has 0 spiro atoms. The molecule has 1 amide bonds. The minimum Gasteiger partial charge on any atom is -0.495 e. The normalized spacial score (nSPS) is 16.0. The van der Waals surface area contributed by atoms with Crippen molar-refractivity contribution >= 4 is 22.4 Å². The van der Waals surface area contributed by atoms with Gasteiger partial charge < -0.3 is 20.3 Å². The number of piperidine rings is 1. The zero-order chi connectivity index (χ0) is 24.1. The summed E-state index contributed by atoms with van der Waals surface area (Å²) in [6.45, 7) is 5.92. The smallest absolute Gasteiger partial charge is 0.289 e. The van der Waals surface area contributed by atoms with Crippen LogP contribution in [0.2, 0.25) is 0 Å². The van der Waals surface area contributed by atoms with Crippen LogP contribution >= 0.6 is 0 Å². The lowest BCUT2D eigenvalue weighted by Gasteiger charge is -2.29. The van der Waals surface area contributed by atoms with E-state index in [2.05, 4.69) is 45.2 Å². The molecule has 8 heteroatoms. The molecule has 174 valence electrons. The number of likely N-dealkylation sites (N-methyl/N-ethyl adjacent to an activating group) is 1. The molecule has 2 N–H and O–H groups in total. The summed E-state index contributed by atoms with van der Waals surface area (Å²) in [5.41, 5.74) is 2.69. The number of carbonyl (C=O) groups excluding carboxylic acids is 1.